The topological polar surface area (TPSA) is 19.4 Å². The predicted octanol–water partition coefficient (Wildman–Crippen LogP) is 2.84. The van der Waals surface area contributed by atoms with E-state index in [0.29, 0.717) is 6.04 Å². The zero-order chi connectivity index (χ0) is 13.4. The number of anilines is 1. The van der Waals surface area contributed by atoms with Gasteiger partial charge in [-0.05, 0) is 52.2 Å². The molecule has 0 radical (unpaired) electrons. The molecule has 1 aromatic rings. The van der Waals surface area contributed by atoms with Crippen LogP contribution in [-0.4, -0.2) is 41.1 Å². The summed E-state index contributed by atoms with van der Waals surface area (Å²) in [4.78, 5) is 9.63. The summed E-state index contributed by atoms with van der Waals surface area (Å²) in [6.07, 6.45) is 6.00. The lowest BCUT2D eigenvalue weighted by atomic mass is 10.1. The SMILES string of the molecule is Cc1cc(N2CCC3CCC(C2)N3C(C)C)ccn1. The number of hydrogen-bond acceptors (Lipinski definition) is 3. The monoisotopic (exact) mass is 259 g/mol. The number of nitrogens with zero attached hydrogens (tertiary/aromatic N) is 3. The van der Waals surface area contributed by atoms with Crippen LogP contribution in [0.3, 0.4) is 0 Å². The molecule has 3 heterocycles. The van der Waals surface area contributed by atoms with Gasteiger partial charge < -0.3 is 4.90 Å². The Hall–Kier alpha value is -1.09. The second-order valence-corrected chi connectivity index (χ2v) is 6.32. The number of aromatic nitrogens is 1. The highest BCUT2D eigenvalue weighted by Crippen LogP contribution is 2.33. The van der Waals surface area contributed by atoms with E-state index in [4.69, 9.17) is 0 Å². The first-order chi connectivity index (χ1) is 9.15. The molecule has 0 amide bonds. The molecule has 0 saturated carbocycles. The standard InChI is InChI=1S/C16H25N3/c1-12(2)19-14-4-5-16(19)11-18(9-7-14)15-6-8-17-13(3)10-15/h6,8,10,12,14,16H,4-5,7,9,11H2,1-3H3. The van der Waals surface area contributed by atoms with E-state index in [0.717, 1.165) is 17.8 Å². The quantitative estimate of drug-likeness (QED) is 0.814. The van der Waals surface area contributed by atoms with Crippen LogP contribution in [0.15, 0.2) is 18.3 Å². The first kappa shape index (κ1) is 12.9. The Balaban J connectivity index is 1.80. The van der Waals surface area contributed by atoms with Crippen molar-refractivity contribution in [1.82, 2.24) is 9.88 Å². The van der Waals surface area contributed by atoms with Gasteiger partial charge in [0.25, 0.3) is 0 Å². The average Bonchev–Trinajstić information content (AvgIpc) is 2.64. The minimum atomic E-state index is 0.677. The van der Waals surface area contributed by atoms with Crippen molar-refractivity contribution in [1.29, 1.82) is 0 Å². The minimum absolute atomic E-state index is 0.677. The smallest absolute Gasteiger partial charge is 0.0400 e. The lowest BCUT2D eigenvalue weighted by Crippen LogP contribution is -2.43. The average molecular weight is 259 g/mol. The Morgan fingerprint density at radius 3 is 2.74 bits per heavy atom. The molecule has 3 heteroatoms. The largest absolute Gasteiger partial charge is 0.370 e. The van der Waals surface area contributed by atoms with Crippen molar-refractivity contribution in [2.75, 3.05) is 18.0 Å². The van der Waals surface area contributed by atoms with Crippen molar-refractivity contribution in [2.45, 2.75) is 58.2 Å². The summed E-state index contributed by atoms with van der Waals surface area (Å²) in [7, 11) is 0. The van der Waals surface area contributed by atoms with Crippen LogP contribution < -0.4 is 4.90 Å². The summed E-state index contributed by atoms with van der Waals surface area (Å²) >= 11 is 0. The second-order valence-electron chi connectivity index (χ2n) is 6.32. The molecule has 2 fully saturated rings. The molecule has 19 heavy (non-hydrogen) atoms. The maximum atomic E-state index is 4.31. The summed E-state index contributed by atoms with van der Waals surface area (Å²) < 4.78 is 0. The molecule has 2 aliphatic rings. The molecule has 2 aliphatic heterocycles. The van der Waals surface area contributed by atoms with Crippen LogP contribution in [0.5, 0.6) is 0 Å². The Labute approximate surface area is 116 Å². The van der Waals surface area contributed by atoms with Crippen molar-refractivity contribution in [2.24, 2.45) is 0 Å². The lowest BCUT2D eigenvalue weighted by Gasteiger charge is -2.32. The van der Waals surface area contributed by atoms with E-state index in [1.54, 1.807) is 0 Å². The van der Waals surface area contributed by atoms with Gasteiger partial charge in [-0.2, -0.15) is 0 Å². The Kier molecular flexibility index (Phi) is 3.48. The van der Waals surface area contributed by atoms with Gasteiger partial charge in [0.1, 0.15) is 0 Å². The molecule has 104 valence electrons. The van der Waals surface area contributed by atoms with Gasteiger partial charge >= 0.3 is 0 Å². The van der Waals surface area contributed by atoms with Crippen molar-refractivity contribution in [3.05, 3.63) is 24.0 Å². The number of pyridine rings is 1. The van der Waals surface area contributed by atoms with Crippen molar-refractivity contribution in [3.63, 3.8) is 0 Å². The van der Waals surface area contributed by atoms with Crippen LogP contribution in [0, 0.1) is 6.92 Å². The van der Waals surface area contributed by atoms with Crippen LogP contribution in [0.1, 0.15) is 38.8 Å². The Morgan fingerprint density at radius 2 is 2.00 bits per heavy atom. The predicted molar refractivity (Wildman–Crippen MR) is 79.6 cm³/mol. The Bertz CT molecular complexity index is 443. The third-order valence-corrected chi connectivity index (χ3v) is 4.68. The maximum absolute atomic E-state index is 4.31. The summed E-state index contributed by atoms with van der Waals surface area (Å²) in [5, 5.41) is 0. The van der Waals surface area contributed by atoms with Crippen LogP contribution in [0.25, 0.3) is 0 Å². The van der Waals surface area contributed by atoms with Gasteiger partial charge in [-0.1, -0.05) is 0 Å². The minimum Gasteiger partial charge on any atom is -0.370 e. The van der Waals surface area contributed by atoms with Crippen molar-refractivity contribution in [3.8, 4) is 0 Å². The van der Waals surface area contributed by atoms with Gasteiger partial charge in [0, 0.05) is 48.8 Å². The molecule has 0 aromatic carbocycles. The van der Waals surface area contributed by atoms with Gasteiger partial charge in [-0.3, -0.25) is 9.88 Å². The van der Waals surface area contributed by atoms with Crippen molar-refractivity contribution >= 4 is 5.69 Å². The fourth-order valence-corrected chi connectivity index (χ4v) is 3.92. The molecule has 0 N–H and O–H groups in total. The van der Waals surface area contributed by atoms with E-state index >= 15 is 0 Å². The summed E-state index contributed by atoms with van der Waals surface area (Å²) in [5.74, 6) is 0. The highest BCUT2D eigenvalue weighted by atomic mass is 15.3. The molecular weight excluding hydrogens is 234 g/mol. The van der Waals surface area contributed by atoms with Gasteiger partial charge in [0.15, 0.2) is 0 Å². The van der Waals surface area contributed by atoms with Crippen LogP contribution in [0.4, 0.5) is 5.69 Å². The van der Waals surface area contributed by atoms with E-state index in [1.165, 1.54) is 38.0 Å². The molecule has 0 aliphatic carbocycles. The number of aryl methyl sites for hydroxylation is 1. The van der Waals surface area contributed by atoms with Gasteiger partial charge in [0.05, 0.1) is 0 Å². The zero-order valence-corrected chi connectivity index (χ0v) is 12.3. The molecule has 1 aromatic heterocycles. The fourth-order valence-electron chi connectivity index (χ4n) is 3.92. The maximum Gasteiger partial charge on any atom is 0.0400 e. The van der Waals surface area contributed by atoms with E-state index in [1.807, 2.05) is 6.20 Å². The molecule has 2 unspecified atom stereocenters. The summed E-state index contributed by atoms with van der Waals surface area (Å²) in [6, 6.07) is 6.60. The molecular formula is C16H25N3. The van der Waals surface area contributed by atoms with Crippen LogP contribution >= 0.6 is 0 Å². The molecule has 2 bridgehead atoms. The summed E-state index contributed by atoms with van der Waals surface area (Å²) in [6.45, 7) is 9.13. The normalized spacial score (nSPS) is 27.9. The van der Waals surface area contributed by atoms with E-state index in [-0.39, 0.29) is 0 Å². The molecule has 0 spiro atoms. The van der Waals surface area contributed by atoms with E-state index in [9.17, 15) is 0 Å². The Morgan fingerprint density at radius 1 is 1.21 bits per heavy atom. The number of rotatable bonds is 2. The molecule has 2 saturated heterocycles. The first-order valence-corrected chi connectivity index (χ1v) is 7.60. The molecule has 2 atom stereocenters. The fraction of sp³-hybridized carbons (Fsp3) is 0.688. The van der Waals surface area contributed by atoms with Gasteiger partial charge in [0.2, 0.25) is 0 Å². The highest BCUT2D eigenvalue weighted by molar-refractivity contribution is 5.47. The number of hydrogen-bond donors (Lipinski definition) is 0. The second kappa shape index (κ2) is 5.12. The van der Waals surface area contributed by atoms with Crippen LogP contribution in [-0.2, 0) is 0 Å². The van der Waals surface area contributed by atoms with Crippen molar-refractivity contribution < 1.29 is 0 Å². The highest BCUT2D eigenvalue weighted by Gasteiger charge is 2.38. The third kappa shape index (κ3) is 2.48. The number of fused-ring (bicyclic) bond motifs is 2. The van der Waals surface area contributed by atoms with Gasteiger partial charge in [-0.15, -0.1) is 0 Å². The third-order valence-electron chi connectivity index (χ3n) is 4.68. The lowest BCUT2D eigenvalue weighted by molar-refractivity contribution is 0.158. The van der Waals surface area contributed by atoms with E-state index in [2.05, 4.69) is 47.7 Å². The molecule has 3 rings (SSSR count). The van der Waals surface area contributed by atoms with Crippen LogP contribution in [0.2, 0.25) is 0 Å². The molecule has 3 nitrogen and oxygen atoms in total. The summed E-state index contributed by atoms with van der Waals surface area (Å²) in [5.41, 5.74) is 2.47. The first-order valence-electron chi connectivity index (χ1n) is 7.60. The zero-order valence-electron chi connectivity index (χ0n) is 12.3. The van der Waals surface area contributed by atoms with E-state index < -0.39 is 0 Å². The van der Waals surface area contributed by atoms with Gasteiger partial charge in [-0.25, -0.2) is 0 Å².